The predicted molar refractivity (Wildman–Crippen MR) is 211 cm³/mol. The minimum Gasteiger partial charge on any atom is -0.497 e. The zero-order chi connectivity index (χ0) is 40.1. The molecule has 1 amide bonds. The molecule has 2 atom stereocenters. The van der Waals surface area contributed by atoms with E-state index in [1.165, 1.54) is 0 Å². The number of carbonyl (C=O) groups excluding carboxylic acids is 2. The Labute approximate surface area is 330 Å². The van der Waals surface area contributed by atoms with Crippen molar-refractivity contribution in [2.75, 3.05) is 62.5 Å². The Kier molecular flexibility index (Phi) is 18.2. The van der Waals surface area contributed by atoms with Crippen LogP contribution in [0.1, 0.15) is 35.1 Å². The third-order valence-corrected chi connectivity index (χ3v) is 9.19. The highest BCUT2D eigenvalue weighted by Crippen LogP contribution is 2.21. The molecular weight excluding hydrogens is 718 g/mol. The van der Waals surface area contributed by atoms with Gasteiger partial charge in [-0.25, -0.2) is 9.69 Å². The molecular formula is C43H55N3O10. The summed E-state index contributed by atoms with van der Waals surface area (Å²) in [6.45, 7) is 2.46. The van der Waals surface area contributed by atoms with Crippen LogP contribution >= 0.6 is 0 Å². The van der Waals surface area contributed by atoms with E-state index in [-0.39, 0.29) is 12.8 Å². The number of ether oxygens (including phenoxy) is 8. The van der Waals surface area contributed by atoms with Crippen LogP contribution in [0.25, 0.3) is 0 Å². The van der Waals surface area contributed by atoms with Gasteiger partial charge in [-0.3, -0.25) is 9.69 Å². The van der Waals surface area contributed by atoms with Crippen LogP contribution in [0.5, 0.6) is 23.0 Å². The molecule has 56 heavy (non-hydrogen) atoms. The fraction of sp³-hybridized carbons (Fsp3) is 0.395. The summed E-state index contributed by atoms with van der Waals surface area (Å²) in [6, 6.07) is 30.6. The van der Waals surface area contributed by atoms with E-state index in [9.17, 15) is 9.59 Å². The minimum atomic E-state index is -0.936. The van der Waals surface area contributed by atoms with Crippen LogP contribution < -0.4 is 18.9 Å². The molecule has 0 radical (unpaired) electrons. The van der Waals surface area contributed by atoms with Crippen molar-refractivity contribution in [3.63, 3.8) is 0 Å². The van der Waals surface area contributed by atoms with Gasteiger partial charge in [0.2, 0.25) is 0 Å². The van der Waals surface area contributed by atoms with E-state index in [0.29, 0.717) is 58.7 Å². The highest BCUT2D eigenvalue weighted by molar-refractivity contribution is 5.67. The third-order valence-electron chi connectivity index (χ3n) is 9.19. The van der Waals surface area contributed by atoms with Gasteiger partial charge in [0, 0.05) is 32.2 Å². The fourth-order valence-electron chi connectivity index (χ4n) is 5.93. The zero-order valence-corrected chi connectivity index (χ0v) is 33.3. The van der Waals surface area contributed by atoms with Gasteiger partial charge in [0.05, 0.1) is 41.7 Å². The van der Waals surface area contributed by atoms with Gasteiger partial charge in [-0.1, -0.05) is 48.5 Å². The van der Waals surface area contributed by atoms with E-state index < -0.39 is 12.5 Å². The standard InChI is InChI=1S/C43H55N3O10/c1-44(2)37(23-25-53-32-56-42(48)45(27-33-7-15-38(49-3)16-8-33)28-34-9-17-39(50-4)18-10-34)24-26-54-43(55-31-47)46(29-35-11-19-40(51-5)20-12-35)30-36-13-21-41(52-6)22-14-36/h7-22,31,37,43H,23-30,32H2,1-6H3. The topological polar surface area (TPSA) is 118 Å². The fourth-order valence-corrected chi connectivity index (χ4v) is 5.93. The molecule has 0 heterocycles. The Morgan fingerprint density at radius 2 is 0.982 bits per heavy atom. The van der Waals surface area contributed by atoms with Crippen LogP contribution in [-0.2, 0) is 49.9 Å². The van der Waals surface area contributed by atoms with Crippen molar-refractivity contribution < 1.29 is 47.5 Å². The van der Waals surface area contributed by atoms with Gasteiger partial charge in [0.1, 0.15) is 23.0 Å². The lowest BCUT2D eigenvalue weighted by Crippen LogP contribution is -2.39. The zero-order valence-electron chi connectivity index (χ0n) is 33.3. The maximum absolute atomic E-state index is 13.3. The van der Waals surface area contributed by atoms with Crippen LogP contribution in [0, 0.1) is 0 Å². The Balaban J connectivity index is 1.31. The molecule has 0 aliphatic heterocycles. The predicted octanol–water partition coefficient (Wildman–Crippen LogP) is 6.72. The maximum atomic E-state index is 13.3. The van der Waals surface area contributed by atoms with E-state index in [1.54, 1.807) is 33.3 Å². The molecule has 0 aromatic heterocycles. The van der Waals surface area contributed by atoms with Gasteiger partial charge < -0.3 is 42.8 Å². The summed E-state index contributed by atoms with van der Waals surface area (Å²) < 4.78 is 44.3. The molecule has 4 aromatic rings. The van der Waals surface area contributed by atoms with E-state index >= 15 is 0 Å². The molecule has 0 saturated heterocycles. The third kappa shape index (κ3) is 14.4. The largest absolute Gasteiger partial charge is 0.497 e. The highest BCUT2D eigenvalue weighted by Gasteiger charge is 2.23. The number of hydrogen-bond donors (Lipinski definition) is 0. The summed E-state index contributed by atoms with van der Waals surface area (Å²) >= 11 is 0. The normalized spacial score (nSPS) is 12.1. The Hall–Kier alpha value is -5.34. The monoisotopic (exact) mass is 773 g/mol. The van der Waals surface area contributed by atoms with Gasteiger partial charge >= 0.3 is 6.09 Å². The van der Waals surface area contributed by atoms with Gasteiger partial charge in [0.15, 0.2) is 6.79 Å². The summed E-state index contributed by atoms with van der Waals surface area (Å²) in [5.41, 5.74) is 3.85. The SMILES string of the molecule is COc1ccc(CN(Cc2ccc(OC)cc2)C(=O)OCOCCC(CCOC(OC=O)N(Cc2ccc(OC)cc2)Cc2ccc(OC)cc2)N(C)C)cc1. The van der Waals surface area contributed by atoms with Crippen molar-refractivity contribution in [1.29, 1.82) is 0 Å². The summed E-state index contributed by atoms with van der Waals surface area (Å²) in [5, 5.41) is 0. The van der Waals surface area contributed by atoms with Gasteiger partial charge in [-0.15, -0.1) is 0 Å². The second kappa shape index (κ2) is 23.6. The van der Waals surface area contributed by atoms with Crippen LogP contribution in [0.15, 0.2) is 97.1 Å². The molecule has 0 saturated carbocycles. The van der Waals surface area contributed by atoms with Gasteiger partial charge in [-0.05, 0) is 97.7 Å². The van der Waals surface area contributed by atoms with Crippen molar-refractivity contribution in [3.05, 3.63) is 119 Å². The number of benzene rings is 4. The highest BCUT2D eigenvalue weighted by atomic mass is 16.7. The van der Waals surface area contributed by atoms with Gasteiger partial charge in [0.25, 0.3) is 12.9 Å². The second-order valence-electron chi connectivity index (χ2n) is 13.2. The number of amides is 1. The number of nitrogens with zero attached hydrogens (tertiary/aromatic N) is 3. The number of hydrogen-bond acceptors (Lipinski definition) is 12. The lowest BCUT2D eigenvalue weighted by molar-refractivity contribution is -0.219. The molecule has 13 nitrogen and oxygen atoms in total. The first-order valence-electron chi connectivity index (χ1n) is 18.4. The first-order chi connectivity index (χ1) is 27.2. The van der Waals surface area contributed by atoms with Crippen LogP contribution in [-0.4, -0.2) is 102 Å². The Morgan fingerprint density at radius 1 is 0.589 bits per heavy atom. The quantitative estimate of drug-likeness (QED) is 0.0405. The molecule has 0 aliphatic carbocycles. The number of methoxy groups -OCH3 is 4. The summed E-state index contributed by atoms with van der Waals surface area (Å²) in [6.07, 6.45) is -0.153. The maximum Gasteiger partial charge on any atom is 0.412 e. The van der Waals surface area contributed by atoms with E-state index in [4.69, 9.17) is 37.9 Å². The summed E-state index contributed by atoms with van der Waals surface area (Å²) in [5.74, 6) is 2.97. The van der Waals surface area contributed by atoms with Crippen molar-refractivity contribution in [2.24, 2.45) is 0 Å². The molecule has 0 fully saturated rings. The van der Waals surface area contributed by atoms with Crippen LogP contribution in [0.2, 0.25) is 0 Å². The van der Waals surface area contributed by atoms with E-state index in [2.05, 4.69) is 4.90 Å². The average molecular weight is 774 g/mol. The molecule has 0 aliphatic rings. The summed E-state index contributed by atoms with van der Waals surface area (Å²) in [4.78, 5) is 30.7. The number of rotatable bonds is 25. The molecule has 302 valence electrons. The first kappa shape index (κ1) is 43.4. The van der Waals surface area contributed by atoms with Crippen molar-refractivity contribution >= 4 is 12.6 Å². The second-order valence-corrected chi connectivity index (χ2v) is 13.2. The summed E-state index contributed by atoms with van der Waals surface area (Å²) in [7, 11) is 10.4. The molecule has 4 rings (SSSR count). The van der Waals surface area contributed by atoms with Crippen molar-refractivity contribution in [1.82, 2.24) is 14.7 Å². The van der Waals surface area contributed by atoms with Crippen LogP contribution in [0.3, 0.4) is 0 Å². The molecule has 0 N–H and O–H groups in total. The number of carbonyl (C=O) groups is 2. The minimum absolute atomic E-state index is 0.0702. The van der Waals surface area contributed by atoms with E-state index in [1.807, 2.05) is 116 Å². The average Bonchev–Trinajstić information content (AvgIpc) is 3.23. The molecule has 2 unspecified atom stereocenters. The van der Waals surface area contributed by atoms with Gasteiger partial charge in [-0.2, -0.15) is 0 Å². The Bertz CT molecular complexity index is 1610. The first-order valence-corrected chi connectivity index (χ1v) is 18.4. The Morgan fingerprint density at radius 3 is 1.36 bits per heavy atom. The smallest absolute Gasteiger partial charge is 0.412 e. The molecule has 4 aromatic carbocycles. The molecule has 0 bridgehead atoms. The van der Waals surface area contributed by atoms with Crippen molar-refractivity contribution in [2.45, 2.75) is 51.5 Å². The van der Waals surface area contributed by atoms with E-state index in [0.717, 1.165) is 45.3 Å². The lowest BCUT2D eigenvalue weighted by Gasteiger charge is -2.31. The molecule has 0 spiro atoms. The molecule has 13 heteroatoms. The van der Waals surface area contributed by atoms with Crippen LogP contribution in [0.4, 0.5) is 4.79 Å². The lowest BCUT2D eigenvalue weighted by atomic mass is 10.1. The van der Waals surface area contributed by atoms with Crippen molar-refractivity contribution in [3.8, 4) is 23.0 Å².